The molecule has 1 amide bonds. The Morgan fingerprint density at radius 2 is 1.96 bits per heavy atom. The van der Waals surface area contributed by atoms with Crippen LogP contribution in [0.2, 0.25) is 0 Å². The number of aromatic nitrogens is 1. The number of methoxy groups -OCH3 is 1. The van der Waals surface area contributed by atoms with Gasteiger partial charge in [0.1, 0.15) is 11.3 Å². The van der Waals surface area contributed by atoms with Gasteiger partial charge in [-0.2, -0.15) is 4.99 Å². The molecule has 0 atom stereocenters. The largest absolute Gasteiger partial charge is 0.495 e. The molecule has 0 fully saturated rings. The second-order valence-electron chi connectivity index (χ2n) is 5.56. The Morgan fingerprint density at radius 1 is 1.21 bits per heavy atom. The maximum atomic E-state index is 12.4. The number of aryl methyl sites for hydroxylation is 2. The summed E-state index contributed by atoms with van der Waals surface area (Å²) in [6.07, 6.45) is 0.314. The Morgan fingerprint density at radius 3 is 2.62 bits per heavy atom. The molecule has 3 rings (SSSR count). The van der Waals surface area contributed by atoms with E-state index in [2.05, 4.69) is 23.4 Å². The summed E-state index contributed by atoms with van der Waals surface area (Å²) in [5, 5.41) is 0. The molecule has 1 heterocycles. The van der Waals surface area contributed by atoms with E-state index in [4.69, 9.17) is 4.74 Å². The Kier molecular flexibility index (Phi) is 4.81. The van der Waals surface area contributed by atoms with Gasteiger partial charge in [-0.1, -0.05) is 47.7 Å². The number of hydrogen-bond donors (Lipinski definition) is 0. The number of fused-ring (bicyclic) bond motifs is 1. The van der Waals surface area contributed by atoms with E-state index < -0.39 is 0 Å². The van der Waals surface area contributed by atoms with Crippen LogP contribution in [0.5, 0.6) is 5.75 Å². The average Bonchev–Trinajstić information content (AvgIpc) is 2.95. The van der Waals surface area contributed by atoms with Crippen molar-refractivity contribution in [3.63, 3.8) is 0 Å². The fourth-order valence-electron chi connectivity index (χ4n) is 2.74. The molecular formula is C19H20N2O2S. The first-order valence-corrected chi connectivity index (χ1v) is 8.74. The second-order valence-corrected chi connectivity index (χ2v) is 6.54. The van der Waals surface area contributed by atoms with Crippen LogP contribution in [0.4, 0.5) is 0 Å². The molecule has 3 aromatic rings. The summed E-state index contributed by atoms with van der Waals surface area (Å²) in [4.78, 5) is 17.5. The second kappa shape index (κ2) is 7.01. The van der Waals surface area contributed by atoms with Crippen LogP contribution >= 0.6 is 11.3 Å². The lowest BCUT2D eigenvalue weighted by atomic mass is 10.1. The molecule has 5 heteroatoms. The Labute approximate surface area is 145 Å². The molecule has 0 saturated carbocycles. The minimum atomic E-state index is -0.133. The Hall–Kier alpha value is -2.40. The molecule has 0 spiro atoms. The number of carbonyl (C=O) groups is 1. The average molecular weight is 340 g/mol. The van der Waals surface area contributed by atoms with Crippen LogP contribution in [-0.4, -0.2) is 17.6 Å². The minimum Gasteiger partial charge on any atom is -0.495 e. The third kappa shape index (κ3) is 3.12. The number of thiazole rings is 1. The summed E-state index contributed by atoms with van der Waals surface area (Å²) in [6, 6.07) is 13.7. The lowest BCUT2D eigenvalue weighted by Gasteiger charge is -2.07. The van der Waals surface area contributed by atoms with Gasteiger partial charge in [0, 0.05) is 6.54 Å². The van der Waals surface area contributed by atoms with Crippen molar-refractivity contribution in [2.45, 2.75) is 26.8 Å². The van der Waals surface area contributed by atoms with Crippen LogP contribution in [0.25, 0.3) is 10.2 Å². The quantitative estimate of drug-likeness (QED) is 0.727. The van der Waals surface area contributed by atoms with Crippen molar-refractivity contribution in [3.8, 4) is 5.75 Å². The van der Waals surface area contributed by atoms with Crippen LogP contribution in [0.15, 0.2) is 47.5 Å². The van der Waals surface area contributed by atoms with E-state index in [-0.39, 0.29) is 5.91 Å². The summed E-state index contributed by atoms with van der Waals surface area (Å²) < 4.78 is 8.66. The van der Waals surface area contributed by atoms with Crippen molar-refractivity contribution in [1.29, 1.82) is 0 Å². The Balaban J connectivity index is 2.09. The molecule has 0 aliphatic carbocycles. The minimum absolute atomic E-state index is 0.133. The number of amides is 1. The first-order valence-electron chi connectivity index (χ1n) is 7.92. The lowest BCUT2D eigenvalue weighted by molar-refractivity contribution is -0.117. The van der Waals surface area contributed by atoms with Crippen LogP contribution in [0, 0.1) is 6.92 Å². The molecule has 0 aliphatic rings. The van der Waals surface area contributed by atoms with Gasteiger partial charge in [-0.05, 0) is 31.0 Å². The van der Waals surface area contributed by atoms with E-state index in [9.17, 15) is 4.79 Å². The molecule has 0 N–H and O–H groups in total. The molecule has 2 aromatic carbocycles. The monoisotopic (exact) mass is 340 g/mol. The standard InChI is InChI=1S/C19H20N2O2S/c1-4-21-17-15(23-3)11-10-13(2)18(17)24-19(21)20-16(22)12-14-8-6-5-7-9-14/h5-11H,4,12H2,1-3H3. The predicted octanol–water partition coefficient (Wildman–Crippen LogP) is 3.71. The molecule has 0 aliphatic heterocycles. The Bertz CT molecular complexity index is 939. The van der Waals surface area contributed by atoms with Gasteiger partial charge in [0.05, 0.1) is 18.2 Å². The van der Waals surface area contributed by atoms with Gasteiger partial charge in [-0.15, -0.1) is 0 Å². The number of ether oxygens (including phenoxy) is 1. The van der Waals surface area contributed by atoms with E-state index in [1.54, 1.807) is 7.11 Å². The molecule has 1 aromatic heterocycles. The van der Waals surface area contributed by atoms with Crippen LogP contribution in [0.3, 0.4) is 0 Å². The summed E-state index contributed by atoms with van der Waals surface area (Å²) in [6.45, 7) is 4.85. The highest BCUT2D eigenvalue weighted by atomic mass is 32.1. The van der Waals surface area contributed by atoms with Crippen LogP contribution in [-0.2, 0) is 17.8 Å². The zero-order valence-electron chi connectivity index (χ0n) is 14.1. The van der Waals surface area contributed by atoms with Gasteiger partial charge in [0.15, 0.2) is 4.80 Å². The first-order chi connectivity index (χ1) is 11.6. The molecule has 4 nitrogen and oxygen atoms in total. The highest BCUT2D eigenvalue weighted by Gasteiger charge is 2.13. The molecule has 124 valence electrons. The van der Waals surface area contributed by atoms with Crippen molar-refractivity contribution >= 4 is 27.5 Å². The van der Waals surface area contributed by atoms with Crippen molar-refractivity contribution < 1.29 is 9.53 Å². The molecule has 0 bridgehead atoms. The van der Waals surface area contributed by atoms with E-state index in [0.29, 0.717) is 6.42 Å². The van der Waals surface area contributed by atoms with Gasteiger partial charge in [0.25, 0.3) is 5.91 Å². The lowest BCUT2D eigenvalue weighted by Crippen LogP contribution is -2.16. The molecule has 0 radical (unpaired) electrons. The maximum absolute atomic E-state index is 12.4. The highest BCUT2D eigenvalue weighted by molar-refractivity contribution is 7.16. The molecule has 24 heavy (non-hydrogen) atoms. The fourth-order valence-corrected chi connectivity index (χ4v) is 3.94. The van der Waals surface area contributed by atoms with Gasteiger partial charge in [0.2, 0.25) is 0 Å². The van der Waals surface area contributed by atoms with E-state index in [1.807, 2.05) is 42.5 Å². The number of hydrogen-bond acceptors (Lipinski definition) is 3. The van der Waals surface area contributed by atoms with Gasteiger partial charge >= 0.3 is 0 Å². The number of rotatable bonds is 4. The SMILES string of the molecule is CCn1c(=NC(=O)Cc2ccccc2)sc2c(C)ccc(OC)c21. The van der Waals surface area contributed by atoms with Gasteiger partial charge in [-0.25, -0.2) is 0 Å². The zero-order valence-corrected chi connectivity index (χ0v) is 14.9. The number of benzene rings is 2. The fraction of sp³-hybridized carbons (Fsp3) is 0.263. The predicted molar refractivity (Wildman–Crippen MR) is 97.5 cm³/mol. The van der Waals surface area contributed by atoms with E-state index in [0.717, 1.165) is 38.4 Å². The number of carbonyl (C=O) groups excluding carboxylic acids is 1. The summed E-state index contributed by atoms with van der Waals surface area (Å²) in [7, 11) is 1.67. The smallest absolute Gasteiger partial charge is 0.252 e. The first kappa shape index (κ1) is 16.5. The third-order valence-corrected chi connectivity index (χ3v) is 5.15. The summed E-state index contributed by atoms with van der Waals surface area (Å²) in [5.74, 6) is 0.678. The maximum Gasteiger partial charge on any atom is 0.252 e. The van der Waals surface area contributed by atoms with E-state index in [1.165, 1.54) is 11.3 Å². The van der Waals surface area contributed by atoms with Crippen LogP contribution < -0.4 is 9.54 Å². The summed E-state index contributed by atoms with van der Waals surface area (Å²) >= 11 is 1.54. The van der Waals surface area contributed by atoms with E-state index >= 15 is 0 Å². The van der Waals surface area contributed by atoms with Crippen molar-refractivity contribution in [2.24, 2.45) is 4.99 Å². The van der Waals surface area contributed by atoms with Gasteiger partial charge < -0.3 is 9.30 Å². The topological polar surface area (TPSA) is 43.6 Å². The van der Waals surface area contributed by atoms with Crippen molar-refractivity contribution in [3.05, 3.63) is 58.4 Å². The van der Waals surface area contributed by atoms with Crippen molar-refractivity contribution in [1.82, 2.24) is 4.57 Å². The zero-order chi connectivity index (χ0) is 17.1. The molecule has 0 unspecified atom stereocenters. The van der Waals surface area contributed by atoms with Crippen LogP contribution in [0.1, 0.15) is 18.1 Å². The van der Waals surface area contributed by atoms with Gasteiger partial charge in [-0.3, -0.25) is 4.79 Å². The normalized spacial score (nSPS) is 11.9. The molecular weight excluding hydrogens is 320 g/mol. The highest BCUT2D eigenvalue weighted by Crippen LogP contribution is 2.30. The summed E-state index contributed by atoms with van der Waals surface area (Å²) in [5.41, 5.74) is 3.15. The number of nitrogens with zero attached hydrogens (tertiary/aromatic N) is 2. The third-order valence-electron chi connectivity index (χ3n) is 3.94. The molecule has 0 saturated heterocycles. The van der Waals surface area contributed by atoms with Crippen molar-refractivity contribution in [2.75, 3.05) is 7.11 Å².